The van der Waals surface area contributed by atoms with Crippen LogP contribution in [-0.4, -0.2) is 5.11 Å². The summed E-state index contributed by atoms with van der Waals surface area (Å²) in [5.74, 6) is 0. The van der Waals surface area contributed by atoms with Crippen molar-refractivity contribution in [3.8, 4) is 0 Å². The number of hydrogen-bond donors (Lipinski definition) is 1. The first-order valence-electron chi connectivity index (χ1n) is 4.17. The highest BCUT2D eigenvalue weighted by Gasteiger charge is 2.07. The Balaban J connectivity index is 2.76. The first-order valence-corrected chi connectivity index (χ1v) is 4.55. The van der Waals surface area contributed by atoms with Crippen LogP contribution in [0.25, 0.3) is 0 Å². The molecule has 1 N–H and O–H groups in total. The third-order valence-electron chi connectivity index (χ3n) is 1.84. The fraction of sp³-hybridized carbons (Fsp3) is 0.273. The molecule has 0 aromatic heterocycles. The van der Waals surface area contributed by atoms with Crippen molar-refractivity contribution in [2.45, 2.75) is 19.4 Å². The molecule has 1 rings (SSSR count). The molecule has 1 nitrogen and oxygen atoms in total. The van der Waals surface area contributed by atoms with E-state index in [-0.39, 0.29) is 0 Å². The molecule has 0 heterocycles. The van der Waals surface area contributed by atoms with Crippen LogP contribution in [0.4, 0.5) is 0 Å². The molecule has 0 bridgehead atoms. The van der Waals surface area contributed by atoms with Gasteiger partial charge in [-0.25, -0.2) is 0 Å². The molecule has 1 aromatic rings. The molecule has 0 saturated heterocycles. The minimum atomic E-state index is -0.537. The molecule has 0 saturated carbocycles. The van der Waals surface area contributed by atoms with Crippen molar-refractivity contribution >= 4 is 11.6 Å². The Morgan fingerprint density at radius 2 is 2.31 bits per heavy atom. The van der Waals surface area contributed by atoms with E-state index in [1.54, 1.807) is 0 Å². The molecule has 13 heavy (non-hydrogen) atoms. The summed E-state index contributed by atoms with van der Waals surface area (Å²) in [4.78, 5) is 0. The van der Waals surface area contributed by atoms with Crippen LogP contribution in [-0.2, 0) is 0 Å². The maximum Gasteiger partial charge on any atom is 0.0838 e. The van der Waals surface area contributed by atoms with Gasteiger partial charge in [0.05, 0.1) is 6.10 Å². The molecule has 0 aliphatic carbocycles. The standard InChI is InChI=1S/C11H13ClO/c1-8-4-3-5-10(6-8)11(13)7-9(2)12/h3-6,11,13H,2,7H2,1H3. The highest BCUT2D eigenvalue weighted by molar-refractivity contribution is 6.29. The summed E-state index contributed by atoms with van der Waals surface area (Å²) in [6.07, 6.45) is -0.129. The molecular formula is C11H13ClO. The maximum absolute atomic E-state index is 9.67. The van der Waals surface area contributed by atoms with Crippen LogP contribution < -0.4 is 0 Å². The number of aliphatic hydroxyl groups is 1. The number of benzene rings is 1. The van der Waals surface area contributed by atoms with Gasteiger partial charge in [-0.1, -0.05) is 48.0 Å². The number of aryl methyl sites for hydroxylation is 1. The monoisotopic (exact) mass is 196 g/mol. The zero-order chi connectivity index (χ0) is 9.84. The second kappa shape index (κ2) is 4.45. The number of hydrogen-bond acceptors (Lipinski definition) is 1. The van der Waals surface area contributed by atoms with Gasteiger partial charge in [0, 0.05) is 11.5 Å². The quantitative estimate of drug-likeness (QED) is 0.788. The fourth-order valence-electron chi connectivity index (χ4n) is 1.21. The lowest BCUT2D eigenvalue weighted by Crippen LogP contribution is -1.97. The normalized spacial score (nSPS) is 12.5. The van der Waals surface area contributed by atoms with Gasteiger partial charge in [-0.2, -0.15) is 0 Å². The van der Waals surface area contributed by atoms with Gasteiger partial charge in [0.2, 0.25) is 0 Å². The topological polar surface area (TPSA) is 20.2 Å². The van der Waals surface area contributed by atoms with Gasteiger partial charge >= 0.3 is 0 Å². The summed E-state index contributed by atoms with van der Waals surface area (Å²) >= 11 is 5.61. The molecular weight excluding hydrogens is 184 g/mol. The summed E-state index contributed by atoms with van der Waals surface area (Å²) in [6.45, 7) is 5.54. The van der Waals surface area contributed by atoms with Crippen molar-refractivity contribution in [3.05, 3.63) is 47.0 Å². The van der Waals surface area contributed by atoms with E-state index in [2.05, 4.69) is 6.58 Å². The average Bonchev–Trinajstić information content (AvgIpc) is 2.03. The van der Waals surface area contributed by atoms with Gasteiger partial charge in [-0.15, -0.1) is 0 Å². The van der Waals surface area contributed by atoms with Crippen molar-refractivity contribution in [1.29, 1.82) is 0 Å². The predicted molar refractivity (Wildman–Crippen MR) is 55.7 cm³/mol. The Morgan fingerprint density at radius 1 is 1.62 bits per heavy atom. The summed E-state index contributed by atoms with van der Waals surface area (Å²) in [7, 11) is 0. The molecule has 0 aliphatic heterocycles. The van der Waals surface area contributed by atoms with Gasteiger partial charge in [0.25, 0.3) is 0 Å². The molecule has 0 fully saturated rings. The van der Waals surface area contributed by atoms with Crippen LogP contribution in [0, 0.1) is 6.92 Å². The predicted octanol–water partition coefficient (Wildman–Crippen LogP) is 3.17. The molecule has 1 atom stereocenters. The Hall–Kier alpha value is -0.790. The zero-order valence-electron chi connectivity index (χ0n) is 7.63. The fourth-order valence-corrected chi connectivity index (χ4v) is 1.35. The smallest absolute Gasteiger partial charge is 0.0838 e. The van der Waals surface area contributed by atoms with Crippen molar-refractivity contribution in [1.82, 2.24) is 0 Å². The van der Waals surface area contributed by atoms with Gasteiger partial charge < -0.3 is 5.11 Å². The van der Waals surface area contributed by atoms with Gasteiger partial charge in [0.1, 0.15) is 0 Å². The summed E-state index contributed by atoms with van der Waals surface area (Å²) in [5, 5.41) is 10.2. The first-order chi connectivity index (χ1) is 6.09. The van der Waals surface area contributed by atoms with Crippen molar-refractivity contribution in [2.75, 3.05) is 0 Å². The highest BCUT2D eigenvalue weighted by Crippen LogP contribution is 2.22. The molecule has 0 spiro atoms. The van der Waals surface area contributed by atoms with E-state index in [4.69, 9.17) is 11.6 Å². The summed E-state index contributed by atoms with van der Waals surface area (Å²) in [6, 6.07) is 7.75. The van der Waals surface area contributed by atoms with Crippen molar-refractivity contribution in [2.24, 2.45) is 0 Å². The van der Waals surface area contributed by atoms with E-state index >= 15 is 0 Å². The van der Waals surface area contributed by atoms with E-state index in [1.807, 2.05) is 31.2 Å². The first kappa shape index (κ1) is 10.3. The van der Waals surface area contributed by atoms with Crippen LogP contribution >= 0.6 is 11.6 Å². The Labute approximate surface area is 83.7 Å². The molecule has 1 unspecified atom stereocenters. The van der Waals surface area contributed by atoms with Gasteiger partial charge in [-0.05, 0) is 12.5 Å². The molecule has 70 valence electrons. The molecule has 0 aliphatic rings. The molecule has 0 amide bonds. The van der Waals surface area contributed by atoms with Crippen LogP contribution in [0.3, 0.4) is 0 Å². The molecule has 0 radical (unpaired) electrons. The van der Waals surface area contributed by atoms with Gasteiger partial charge in [0.15, 0.2) is 0 Å². The zero-order valence-corrected chi connectivity index (χ0v) is 8.38. The highest BCUT2D eigenvalue weighted by atomic mass is 35.5. The number of aliphatic hydroxyl groups excluding tert-OH is 1. The average molecular weight is 197 g/mol. The van der Waals surface area contributed by atoms with Crippen molar-refractivity contribution < 1.29 is 5.11 Å². The van der Waals surface area contributed by atoms with Crippen LogP contribution in [0.5, 0.6) is 0 Å². The Bertz CT molecular complexity index is 307. The van der Waals surface area contributed by atoms with E-state index < -0.39 is 6.10 Å². The maximum atomic E-state index is 9.67. The lowest BCUT2D eigenvalue weighted by atomic mass is 10.0. The Morgan fingerprint density at radius 3 is 2.85 bits per heavy atom. The van der Waals surface area contributed by atoms with Crippen LogP contribution in [0.2, 0.25) is 0 Å². The summed E-state index contributed by atoms with van der Waals surface area (Å²) < 4.78 is 0. The third kappa shape index (κ3) is 3.21. The van der Waals surface area contributed by atoms with E-state index in [0.717, 1.165) is 11.1 Å². The van der Waals surface area contributed by atoms with Crippen molar-refractivity contribution in [3.63, 3.8) is 0 Å². The third-order valence-corrected chi connectivity index (χ3v) is 2.00. The Kier molecular flexibility index (Phi) is 3.52. The second-order valence-electron chi connectivity index (χ2n) is 3.15. The SMILES string of the molecule is C=C(Cl)CC(O)c1cccc(C)c1. The molecule has 1 aromatic carbocycles. The molecule has 2 heteroatoms. The van der Waals surface area contributed by atoms with Crippen LogP contribution in [0.1, 0.15) is 23.7 Å². The summed E-state index contributed by atoms with van der Waals surface area (Å²) in [5.41, 5.74) is 2.03. The number of rotatable bonds is 3. The second-order valence-corrected chi connectivity index (χ2v) is 3.69. The lowest BCUT2D eigenvalue weighted by Gasteiger charge is -2.10. The minimum absolute atomic E-state index is 0.408. The van der Waals surface area contributed by atoms with Gasteiger partial charge in [-0.3, -0.25) is 0 Å². The van der Waals surface area contributed by atoms with E-state index in [9.17, 15) is 5.11 Å². The van der Waals surface area contributed by atoms with E-state index in [1.165, 1.54) is 0 Å². The number of halogens is 1. The van der Waals surface area contributed by atoms with Crippen LogP contribution in [0.15, 0.2) is 35.9 Å². The largest absolute Gasteiger partial charge is 0.388 e. The lowest BCUT2D eigenvalue weighted by molar-refractivity contribution is 0.180. The minimum Gasteiger partial charge on any atom is -0.388 e. The van der Waals surface area contributed by atoms with E-state index in [0.29, 0.717) is 11.5 Å².